The number of amides is 1. The topological polar surface area (TPSA) is 72.2 Å². The minimum absolute atomic E-state index is 0.166. The molecular formula is C25H21N5OS. The van der Waals surface area contributed by atoms with Gasteiger partial charge in [0.05, 0.1) is 5.75 Å². The minimum Gasteiger partial charge on any atom is -0.272 e. The maximum absolute atomic E-state index is 12.2. The minimum atomic E-state index is -0.219. The second-order valence-corrected chi connectivity index (χ2v) is 7.66. The van der Waals surface area contributed by atoms with E-state index >= 15 is 0 Å². The summed E-state index contributed by atoms with van der Waals surface area (Å²) in [6, 6.07) is 29.6. The van der Waals surface area contributed by atoms with Gasteiger partial charge in [-0.05, 0) is 23.8 Å². The molecule has 158 valence electrons. The van der Waals surface area contributed by atoms with Crippen LogP contribution in [0, 0.1) is 0 Å². The number of hydrazone groups is 1. The first-order valence-electron chi connectivity index (χ1n) is 10.0. The summed E-state index contributed by atoms with van der Waals surface area (Å²) in [7, 11) is 0. The lowest BCUT2D eigenvalue weighted by atomic mass is 10.2. The second-order valence-electron chi connectivity index (χ2n) is 6.71. The number of thioether (sulfide) groups is 1. The molecule has 4 aromatic rings. The van der Waals surface area contributed by atoms with Gasteiger partial charge in [-0.3, -0.25) is 9.36 Å². The average Bonchev–Trinajstić information content (AvgIpc) is 3.28. The Morgan fingerprint density at radius 1 is 0.906 bits per heavy atom. The fourth-order valence-corrected chi connectivity index (χ4v) is 3.72. The summed E-state index contributed by atoms with van der Waals surface area (Å²) in [5.74, 6) is 0.673. The van der Waals surface area contributed by atoms with Crippen LogP contribution < -0.4 is 5.43 Å². The first-order chi connectivity index (χ1) is 15.8. The van der Waals surface area contributed by atoms with Gasteiger partial charge in [0.25, 0.3) is 5.91 Å². The van der Waals surface area contributed by atoms with E-state index in [0.717, 1.165) is 22.6 Å². The second kappa shape index (κ2) is 10.9. The van der Waals surface area contributed by atoms with Crippen molar-refractivity contribution in [1.82, 2.24) is 20.2 Å². The lowest BCUT2D eigenvalue weighted by Gasteiger charge is -2.10. The van der Waals surface area contributed by atoms with Crippen LogP contribution in [0.2, 0.25) is 0 Å². The van der Waals surface area contributed by atoms with Crippen molar-refractivity contribution >= 4 is 30.0 Å². The summed E-state index contributed by atoms with van der Waals surface area (Å²) in [4.78, 5) is 12.2. The van der Waals surface area contributed by atoms with E-state index in [4.69, 9.17) is 0 Å². The molecule has 0 bridgehead atoms. The van der Waals surface area contributed by atoms with Gasteiger partial charge in [-0.25, -0.2) is 5.43 Å². The van der Waals surface area contributed by atoms with Crippen molar-refractivity contribution in [3.05, 3.63) is 103 Å². The fourth-order valence-electron chi connectivity index (χ4n) is 2.98. The molecular weight excluding hydrogens is 418 g/mol. The predicted molar refractivity (Wildman–Crippen MR) is 130 cm³/mol. The third-order valence-corrected chi connectivity index (χ3v) is 5.38. The normalized spacial score (nSPS) is 11.2. The van der Waals surface area contributed by atoms with Crippen molar-refractivity contribution in [2.75, 3.05) is 5.75 Å². The summed E-state index contributed by atoms with van der Waals surface area (Å²) in [6.07, 6.45) is 5.24. The highest BCUT2D eigenvalue weighted by molar-refractivity contribution is 7.99. The van der Waals surface area contributed by atoms with Crippen LogP contribution in [0.1, 0.15) is 5.56 Å². The van der Waals surface area contributed by atoms with Crippen molar-refractivity contribution in [3.8, 4) is 17.1 Å². The van der Waals surface area contributed by atoms with Crippen LogP contribution in [0.3, 0.4) is 0 Å². The summed E-state index contributed by atoms with van der Waals surface area (Å²) in [5.41, 5.74) is 5.49. The molecule has 1 heterocycles. The summed E-state index contributed by atoms with van der Waals surface area (Å²) < 4.78 is 1.96. The Kier molecular flexibility index (Phi) is 7.23. The molecule has 3 aromatic carbocycles. The number of hydrogen-bond donors (Lipinski definition) is 1. The number of carbonyl (C=O) groups excluding carboxylic acids is 1. The van der Waals surface area contributed by atoms with Crippen LogP contribution >= 0.6 is 11.8 Å². The molecule has 0 unspecified atom stereocenters. The van der Waals surface area contributed by atoms with E-state index in [9.17, 15) is 4.79 Å². The van der Waals surface area contributed by atoms with E-state index in [1.165, 1.54) is 11.8 Å². The number of allylic oxidation sites excluding steroid dienone is 1. The number of hydrogen-bond acceptors (Lipinski definition) is 5. The van der Waals surface area contributed by atoms with E-state index in [2.05, 4.69) is 20.7 Å². The van der Waals surface area contributed by atoms with Crippen LogP contribution in [0.4, 0.5) is 0 Å². The highest BCUT2D eigenvalue weighted by Crippen LogP contribution is 2.27. The molecule has 1 amide bonds. The first kappa shape index (κ1) is 21.3. The number of para-hydroxylation sites is 1. The lowest BCUT2D eigenvalue weighted by molar-refractivity contribution is -0.118. The molecule has 0 saturated heterocycles. The molecule has 0 aliphatic rings. The molecule has 0 aliphatic heterocycles. The zero-order valence-electron chi connectivity index (χ0n) is 17.2. The Morgan fingerprint density at radius 2 is 1.56 bits per heavy atom. The van der Waals surface area contributed by atoms with Gasteiger partial charge in [-0.2, -0.15) is 5.10 Å². The zero-order valence-corrected chi connectivity index (χ0v) is 18.0. The van der Waals surface area contributed by atoms with Crippen molar-refractivity contribution in [2.24, 2.45) is 5.10 Å². The monoisotopic (exact) mass is 439 g/mol. The molecule has 0 fully saturated rings. The number of nitrogens with zero attached hydrogens (tertiary/aromatic N) is 4. The van der Waals surface area contributed by atoms with Gasteiger partial charge in [0.15, 0.2) is 11.0 Å². The van der Waals surface area contributed by atoms with Crippen LogP contribution in [-0.4, -0.2) is 32.6 Å². The van der Waals surface area contributed by atoms with Gasteiger partial charge in [0.2, 0.25) is 0 Å². The average molecular weight is 440 g/mol. The molecule has 1 N–H and O–H groups in total. The third kappa shape index (κ3) is 5.59. The molecule has 0 atom stereocenters. The highest BCUT2D eigenvalue weighted by Gasteiger charge is 2.16. The Hall–Kier alpha value is -3.97. The third-order valence-electron chi connectivity index (χ3n) is 4.45. The molecule has 7 heteroatoms. The van der Waals surface area contributed by atoms with Gasteiger partial charge >= 0.3 is 0 Å². The van der Waals surface area contributed by atoms with Crippen LogP contribution in [0.15, 0.2) is 107 Å². The molecule has 32 heavy (non-hydrogen) atoms. The molecule has 0 saturated carbocycles. The molecule has 6 nitrogen and oxygen atoms in total. The number of nitrogens with one attached hydrogen (secondary N) is 1. The van der Waals surface area contributed by atoms with Crippen molar-refractivity contribution in [3.63, 3.8) is 0 Å². The first-order valence-corrected chi connectivity index (χ1v) is 11.0. The quantitative estimate of drug-likeness (QED) is 0.242. The van der Waals surface area contributed by atoms with Crippen molar-refractivity contribution < 1.29 is 4.79 Å². The lowest BCUT2D eigenvalue weighted by Crippen LogP contribution is -2.19. The van der Waals surface area contributed by atoms with Gasteiger partial charge in [0.1, 0.15) is 0 Å². The Morgan fingerprint density at radius 3 is 2.28 bits per heavy atom. The summed E-state index contributed by atoms with van der Waals surface area (Å²) in [5, 5.41) is 13.3. The van der Waals surface area contributed by atoms with Crippen molar-refractivity contribution in [2.45, 2.75) is 5.16 Å². The Bertz CT molecular complexity index is 1210. The van der Waals surface area contributed by atoms with Crippen molar-refractivity contribution in [1.29, 1.82) is 0 Å². The van der Waals surface area contributed by atoms with E-state index in [1.807, 2.05) is 102 Å². The Labute approximate surface area is 190 Å². The molecule has 4 rings (SSSR count). The molecule has 1 aromatic heterocycles. The maximum atomic E-state index is 12.2. The van der Waals surface area contributed by atoms with E-state index in [1.54, 1.807) is 12.3 Å². The van der Waals surface area contributed by atoms with Crippen LogP contribution in [-0.2, 0) is 4.79 Å². The van der Waals surface area contributed by atoms with Gasteiger partial charge in [-0.1, -0.05) is 96.7 Å². The standard InChI is InChI=1S/C25H21N5OS/c31-23(27-26-18-10-13-20-11-4-1-5-12-20)19-32-25-29-28-24(21-14-6-2-7-15-21)30(25)22-16-8-3-9-17-22/h1-18H,19H2,(H,27,31)/b13-10+,26-18+. The highest BCUT2D eigenvalue weighted by atomic mass is 32.2. The summed E-state index contributed by atoms with van der Waals surface area (Å²) in [6.45, 7) is 0. The van der Waals surface area contributed by atoms with Gasteiger partial charge in [0, 0.05) is 17.5 Å². The summed E-state index contributed by atoms with van der Waals surface area (Å²) >= 11 is 1.31. The SMILES string of the molecule is O=C(CSc1nnc(-c2ccccc2)n1-c1ccccc1)N/N=C/C=C/c1ccccc1. The van der Waals surface area contributed by atoms with Gasteiger partial charge < -0.3 is 0 Å². The Balaban J connectivity index is 1.42. The van der Waals surface area contributed by atoms with E-state index in [0.29, 0.717) is 5.16 Å². The van der Waals surface area contributed by atoms with E-state index < -0.39 is 0 Å². The predicted octanol–water partition coefficient (Wildman–Crippen LogP) is 4.84. The van der Waals surface area contributed by atoms with E-state index in [-0.39, 0.29) is 11.7 Å². The number of rotatable bonds is 8. The number of aromatic nitrogens is 3. The maximum Gasteiger partial charge on any atom is 0.250 e. The van der Waals surface area contributed by atoms with Crippen LogP contribution in [0.5, 0.6) is 0 Å². The smallest absolute Gasteiger partial charge is 0.250 e. The fraction of sp³-hybridized carbons (Fsp3) is 0.0400. The molecule has 0 radical (unpaired) electrons. The molecule has 0 aliphatic carbocycles. The largest absolute Gasteiger partial charge is 0.272 e. The molecule has 0 spiro atoms. The number of carbonyl (C=O) groups is 1. The van der Waals surface area contributed by atoms with Crippen LogP contribution in [0.25, 0.3) is 23.2 Å². The zero-order chi connectivity index (χ0) is 22.0. The van der Waals surface area contributed by atoms with Gasteiger partial charge in [-0.15, -0.1) is 10.2 Å². The number of benzene rings is 3.